The maximum atomic E-state index is 9.96. The molecule has 2 aromatic carbocycles. The van der Waals surface area contributed by atoms with Crippen LogP contribution in [0.1, 0.15) is 29.5 Å². The summed E-state index contributed by atoms with van der Waals surface area (Å²) in [5, 5.41) is 9.96. The van der Waals surface area contributed by atoms with Crippen LogP contribution in [0.2, 0.25) is 0 Å². The lowest BCUT2D eigenvalue weighted by atomic mass is 9.89. The van der Waals surface area contributed by atoms with Gasteiger partial charge in [-0.3, -0.25) is 0 Å². The van der Waals surface area contributed by atoms with Crippen LogP contribution in [0.25, 0.3) is 0 Å². The fraction of sp³-hybridized carbons (Fsp3) is 0.200. The lowest BCUT2D eigenvalue weighted by Crippen LogP contribution is -2.00. The fourth-order valence-corrected chi connectivity index (χ4v) is 2.22. The molecule has 3 N–H and O–H groups in total. The number of nitrogens with two attached hydrogens (primary N) is 1. The van der Waals surface area contributed by atoms with E-state index in [1.807, 2.05) is 43.3 Å². The summed E-state index contributed by atoms with van der Waals surface area (Å²) in [7, 11) is 0. The monoisotopic (exact) mass is 227 g/mol. The lowest BCUT2D eigenvalue weighted by Gasteiger charge is -2.17. The van der Waals surface area contributed by atoms with E-state index >= 15 is 0 Å². The number of phenolic OH excluding ortho intramolecular Hbond substituents is 1. The van der Waals surface area contributed by atoms with E-state index in [0.29, 0.717) is 5.75 Å². The Labute approximate surface area is 102 Å². The summed E-state index contributed by atoms with van der Waals surface area (Å²) in [4.78, 5) is 0. The molecule has 0 aliphatic rings. The first-order chi connectivity index (χ1) is 8.09. The number of phenols is 1. The van der Waals surface area contributed by atoms with Crippen molar-refractivity contribution in [2.45, 2.75) is 19.8 Å². The van der Waals surface area contributed by atoms with E-state index < -0.39 is 0 Å². The number of rotatable bonds is 2. The molecule has 2 heteroatoms. The first-order valence-corrected chi connectivity index (χ1v) is 5.73. The summed E-state index contributed by atoms with van der Waals surface area (Å²) >= 11 is 0. The fourth-order valence-electron chi connectivity index (χ4n) is 2.22. The molecule has 17 heavy (non-hydrogen) atoms. The average molecular weight is 227 g/mol. The first kappa shape index (κ1) is 11.5. The van der Waals surface area contributed by atoms with Crippen molar-refractivity contribution < 1.29 is 5.11 Å². The molecule has 2 nitrogen and oxygen atoms in total. The zero-order valence-electron chi connectivity index (χ0n) is 10.1. The van der Waals surface area contributed by atoms with Crippen molar-refractivity contribution in [2.75, 3.05) is 5.73 Å². The van der Waals surface area contributed by atoms with E-state index in [4.69, 9.17) is 5.73 Å². The van der Waals surface area contributed by atoms with Crippen LogP contribution in [0, 0.1) is 6.92 Å². The molecule has 2 rings (SSSR count). The molecule has 0 bridgehead atoms. The summed E-state index contributed by atoms with van der Waals surface area (Å²) in [6.45, 7) is 4.09. The molecule has 0 heterocycles. The molecule has 0 amide bonds. The highest BCUT2D eigenvalue weighted by molar-refractivity contribution is 5.49. The van der Waals surface area contributed by atoms with E-state index in [-0.39, 0.29) is 5.92 Å². The summed E-state index contributed by atoms with van der Waals surface area (Å²) in [5.41, 5.74) is 9.73. The molecular weight excluding hydrogens is 210 g/mol. The highest BCUT2D eigenvalue weighted by atomic mass is 16.3. The molecular formula is C15H17NO. The number of aromatic hydroxyl groups is 1. The maximum absolute atomic E-state index is 9.96. The zero-order chi connectivity index (χ0) is 12.4. The third kappa shape index (κ3) is 2.26. The van der Waals surface area contributed by atoms with Gasteiger partial charge in [0, 0.05) is 17.2 Å². The van der Waals surface area contributed by atoms with Crippen LogP contribution < -0.4 is 5.73 Å². The topological polar surface area (TPSA) is 46.2 Å². The van der Waals surface area contributed by atoms with E-state index in [1.54, 1.807) is 6.07 Å². The Balaban J connectivity index is 2.47. The van der Waals surface area contributed by atoms with Crippen LogP contribution in [0.4, 0.5) is 5.69 Å². The minimum absolute atomic E-state index is 0.139. The highest BCUT2D eigenvalue weighted by Gasteiger charge is 2.14. The quantitative estimate of drug-likeness (QED) is 0.772. The van der Waals surface area contributed by atoms with Crippen molar-refractivity contribution in [3.05, 3.63) is 59.2 Å². The van der Waals surface area contributed by atoms with Crippen LogP contribution in [0.15, 0.2) is 42.5 Å². The Bertz CT molecular complexity index is 514. The molecule has 0 aliphatic heterocycles. The standard InChI is InChI=1S/C15H17NO/c1-10-5-3-8-14(17)15(10)11(2)12-6-4-7-13(16)9-12/h3-9,11,17H,16H2,1-2H3. The highest BCUT2D eigenvalue weighted by Crippen LogP contribution is 2.33. The molecule has 0 radical (unpaired) electrons. The summed E-state index contributed by atoms with van der Waals surface area (Å²) in [6, 6.07) is 13.4. The Hall–Kier alpha value is -1.96. The van der Waals surface area contributed by atoms with Gasteiger partial charge in [-0.05, 0) is 36.2 Å². The van der Waals surface area contributed by atoms with Gasteiger partial charge in [0.1, 0.15) is 5.75 Å². The molecule has 0 aliphatic carbocycles. The maximum Gasteiger partial charge on any atom is 0.119 e. The summed E-state index contributed by atoms with van der Waals surface area (Å²) in [5.74, 6) is 0.486. The minimum Gasteiger partial charge on any atom is -0.508 e. The van der Waals surface area contributed by atoms with Gasteiger partial charge in [-0.2, -0.15) is 0 Å². The van der Waals surface area contributed by atoms with Crippen molar-refractivity contribution in [3.8, 4) is 5.75 Å². The molecule has 0 fully saturated rings. The largest absolute Gasteiger partial charge is 0.508 e. The normalized spacial score (nSPS) is 12.4. The van der Waals surface area contributed by atoms with Gasteiger partial charge in [-0.1, -0.05) is 31.2 Å². The van der Waals surface area contributed by atoms with Crippen LogP contribution in [0.5, 0.6) is 5.75 Å². The second-order valence-electron chi connectivity index (χ2n) is 4.40. The van der Waals surface area contributed by atoms with Gasteiger partial charge in [-0.15, -0.1) is 0 Å². The Morgan fingerprint density at radius 1 is 1.12 bits per heavy atom. The lowest BCUT2D eigenvalue weighted by molar-refractivity contribution is 0.465. The number of hydrogen-bond donors (Lipinski definition) is 2. The Morgan fingerprint density at radius 2 is 1.82 bits per heavy atom. The predicted octanol–water partition coefficient (Wildman–Crippen LogP) is 3.43. The Morgan fingerprint density at radius 3 is 2.47 bits per heavy atom. The van der Waals surface area contributed by atoms with E-state index in [1.165, 1.54) is 0 Å². The molecule has 1 atom stereocenters. The molecule has 2 aromatic rings. The van der Waals surface area contributed by atoms with Gasteiger partial charge in [0.25, 0.3) is 0 Å². The molecule has 88 valence electrons. The predicted molar refractivity (Wildman–Crippen MR) is 71.2 cm³/mol. The smallest absolute Gasteiger partial charge is 0.119 e. The van der Waals surface area contributed by atoms with Crippen LogP contribution in [0.3, 0.4) is 0 Å². The van der Waals surface area contributed by atoms with Crippen LogP contribution in [-0.2, 0) is 0 Å². The van der Waals surface area contributed by atoms with Crippen molar-refractivity contribution in [2.24, 2.45) is 0 Å². The van der Waals surface area contributed by atoms with Gasteiger partial charge >= 0.3 is 0 Å². The van der Waals surface area contributed by atoms with Gasteiger partial charge < -0.3 is 10.8 Å². The summed E-state index contributed by atoms with van der Waals surface area (Å²) < 4.78 is 0. The zero-order valence-corrected chi connectivity index (χ0v) is 10.1. The van der Waals surface area contributed by atoms with Gasteiger partial charge in [0.15, 0.2) is 0 Å². The molecule has 0 saturated heterocycles. The number of hydrogen-bond acceptors (Lipinski definition) is 2. The Kier molecular flexibility index (Phi) is 3.05. The minimum atomic E-state index is 0.139. The van der Waals surface area contributed by atoms with Crippen LogP contribution >= 0.6 is 0 Å². The number of nitrogen functional groups attached to an aromatic ring is 1. The van der Waals surface area contributed by atoms with E-state index in [2.05, 4.69) is 6.92 Å². The van der Waals surface area contributed by atoms with Gasteiger partial charge in [0.05, 0.1) is 0 Å². The third-order valence-electron chi connectivity index (χ3n) is 3.14. The van der Waals surface area contributed by atoms with E-state index in [9.17, 15) is 5.11 Å². The summed E-state index contributed by atoms with van der Waals surface area (Å²) in [6.07, 6.45) is 0. The number of benzene rings is 2. The van der Waals surface area contributed by atoms with Crippen molar-refractivity contribution in [3.63, 3.8) is 0 Å². The first-order valence-electron chi connectivity index (χ1n) is 5.73. The number of aryl methyl sites for hydroxylation is 1. The molecule has 0 spiro atoms. The second-order valence-corrected chi connectivity index (χ2v) is 4.40. The average Bonchev–Trinajstić information content (AvgIpc) is 2.28. The van der Waals surface area contributed by atoms with Crippen molar-refractivity contribution in [1.82, 2.24) is 0 Å². The third-order valence-corrected chi connectivity index (χ3v) is 3.14. The van der Waals surface area contributed by atoms with Crippen molar-refractivity contribution >= 4 is 5.69 Å². The SMILES string of the molecule is Cc1cccc(O)c1C(C)c1cccc(N)c1. The molecule has 1 unspecified atom stereocenters. The molecule has 0 aromatic heterocycles. The molecule has 0 saturated carbocycles. The second kappa shape index (κ2) is 4.50. The van der Waals surface area contributed by atoms with Gasteiger partial charge in [-0.25, -0.2) is 0 Å². The van der Waals surface area contributed by atoms with Gasteiger partial charge in [0.2, 0.25) is 0 Å². The van der Waals surface area contributed by atoms with Crippen LogP contribution in [-0.4, -0.2) is 5.11 Å². The van der Waals surface area contributed by atoms with Crippen molar-refractivity contribution in [1.29, 1.82) is 0 Å². The number of anilines is 1. The van der Waals surface area contributed by atoms with E-state index in [0.717, 1.165) is 22.4 Å².